The van der Waals surface area contributed by atoms with E-state index in [1.807, 2.05) is 12.1 Å². The van der Waals surface area contributed by atoms with Crippen molar-refractivity contribution in [2.45, 2.75) is 37.6 Å². The molecule has 0 radical (unpaired) electrons. The Hall–Kier alpha value is -3.48. The van der Waals surface area contributed by atoms with Crippen molar-refractivity contribution in [2.24, 2.45) is 0 Å². The van der Waals surface area contributed by atoms with Crippen LogP contribution in [-0.4, -0.2) is 33.2 Å². The Bertz CT molecular complexity index is 1020. The molecule has 2 N–H and O–H groups in total. The second kappa shape index (κ2) is 8.26. The van der Waals surface area contributed by atoms with Crippen LogP contribution in [-0.2, 0) is 11.2 Å². The van der Waals surface area contributed by atoms with E-state index in [-0.39, 0.29) is 11.6 Å². The number of carboxylic acids is 1. The second-order valence-corrected chi connectivity index (χ2v) is 7.21. The molecule has 1 aromatic carbocycles. The molecular weight excluding hydrogens is 370 g/mol. The quantitative estimate of drug-likeness (QED) is 0.667. The zero-order chi connectivity index (χ0) is 20.2. The summed E-state index contributed by atoms with van der Waals surface area (Å²) in [7, 11) is 0. The molecule has 2 atom stereocenters. The molecule has 3 aromatic rings. The van der Waals surface area contributed by atoms with E-state index in [1.54, 1.807) is 24.5 Å². The number of carbonyl (C=O) groups is 2. The van der Waals surface area contributed by atoms with Gasteiger partial charge in [-0.3, -0.25) is 9.78 Å². The average Bonchev–Trinajstić information content (AvgIpc) is 3.24. The van der Waals surface area contributed by atoms with Gasteiger partial charge in [-0.2, -0.15) is 0 Å². The largest absolute Gasteiger partial charge is 0.480 e. The molecule has 0 fully saturated rings. The molecule has 0 bridgehead atoms. The maximum absolute atomic E-state index is 12.6. The lowest BCUT2D eigenvalue weighted by Crippen LogP contribution is -2.42. The van der Waals surface area contributed by atoms with Crippen molar-refractivity contribution >= 4 is 11.9 Å². The number of amides is 1. The molecule has 0 aliphatic heterocycles. The molecule has 1 aliphatic rings. The monoisotopic (exact) mass is 391 g/mol. The lowest BCUT2D eigenvalue weighted by molar-refractivity contribution is -0.139. The highest BCUT2D eigenvalue weighted by atomic mass is 16.5. The van der Waals surface area contributed by atoms with Crippen molar-refractivity contribution in [1.82, 2.24) is 15.5 Å². The Balaban J connectivity index is 1.47. The molecule has 7 heteroatoms. The number of benzene rings is 1. The molecule has 7 nitrogen and oxygen atoms in total. The molecule has 148 valence electrons. The number of hydrogen-bond donors (Lipinski definition) is 2. The molecule has 2 aromatic heterocycles. The molecule has 0 saturated carbocycles. The summed E-state index contributed by atoms with van der Waals surface area (Å²) >= 11 is 0. The summed E-state index contributed by atoms with van der Waals surface area (Å²) in [6.07, 6.45) is 6.50. The Morgan fingerprint density at radius 2 is 2.10 bits per heavy atom. The zero-order valence-electron chi connectivity index (χ0n) is 15.7. The molecule has 0 saturated heterocycles. The summed E-state index contributed by atoms with van der Waals surface area (Å²) in [6, 6.07) is 12.1. The van der Waals surface area contributed by atoms with Gasteiger partial charge < -0.3 is 14.9 Å². The van der Waals surface area contributed by atoms with E-state index in [0.717, 1.165) is 19.3 Å². The summed E-state index contributed by atoms with van der Waals surface area (Å²) in [5.74, 6) is -1.13. The van der Waals surface area contributed by atoms with Gasteiger partial charge in [-0.05, 0) is 54.9 Å². The lowest BCUT2D eigenvalue weighted by atomic mass is 9.79. The predicted molar refractivity (Wildman–Crippen MR) is 105 cm³/mol. The van der Waals surface area contributed by atoms with Crippen LogP contribution in [0.1, 0.15) is 46.8 Å². The van der Waals surface area contributed by atoms with E-state index in [0.29, 0.717) is 17.7 Å². The molecule has 2 unspecified atom stereocenters. The Morgan fingerprint density at radius 3 is 2.90 bits per heavy atom. The molecule has 1 aliphatic carbocycles. The highest BCUT2D eigenvalue weighted by Crippen LogP contribution is 2.34. The Labute approximate surface area is 167 Å². The first kappa shape index (κ1) is 18.9. The van der Waals surface area contributed by atoms with Gasteiger partial charge in [0.1, 0.15) is 6.04 Å². The van der Waals surface area contributed by atoms with Crippen LogP contribution in [0.3, 0.4) is 0 Å². The van der Waals surface area contributed by atoms with E-state index in [1.165, 1.54) is 17.2 Å². The van der Waals surface area contributed by atoms with Crippen LogP contribution in [0, 0.1) is 0 Å². The van der Waals surface area contributed by atoms with Crippen molar-refractivity contribution in [3.8, 4) is 11.3 Å². The van der Waals surface area contributed by atoms with E-state index >= 15 is 0 Å². The fraction of sp³-hybridized carbons (Fsp3) is 0.273. The normalized spacial score (nSPS) is 16.6. The first-order chi connectivity index (χ1) is 14.1. The third-order valence-corrected chi connectivity index (χ3v) is 5.31. The van der Waals surface area contributed by atoms with E-state index in [9.17, 15) is 14.7 Å². The lowest BCUT2D eigenvalue weighted by Gasteiger charge is -2.27. The maximum Gasteiger partial charge on any atom is 0.326 e. The van der Waals surface area contributed by atoms with Crippen molar-refractivity contribution < 1.29 is 19.2 Å². The van der Waals surface area contributed by atoms with Gasteiger partial charge in [-0.25, -0.2) is 4.79 Å². The summed E-state index contributed by atoms with van der Waals surface area (Å²) in [5, 5.41) is 16.0. The molecule has 0 spiro atoms. The second-order valence-electron chi connectivity index (χ2n) is 7.21. The summed E-state index contributed by atoms with van der Waals surface area (Å²) < 4.78 is 5.21. The van der Waals surface area contributed by atoms with Crippen molar-refractivity contribution in [3.63, 3.8) is 0 Å². The van der Waals surface area contributed by atoms with Gasteiger partial charge in [0, 0.05) is 24.0 Å². The van der Waals surface area contributed by atoms with E-state index < -0.39 is 17.9 Å². The van der Waals surface area contributed by atoms with Crippen molar-refractivity contribution in [2.75, 3.05) is 0 Å². The summed E-state index contributed by atoms with van der Waals surface area (Å²) in [6.45, 7) is 0. The van der Waals surface area contributed by atoms with Gasteiger partial charge in [0.25, 0.3) is 5.91 Å². The highest BCUT2D eigenvalue weighted by Gasteiger charge is 2.29. The number of nitrogens with one attached hydrogen (secondary N) is 1. The maximum atomic E-state index is 12.6. The fourth-order valence-electron chi connectivity index (χ4n) is 3.86. The SMILES string of the molecule is O=C(NC(CC1CCCc2ccccc21)C(=O)O)c1cc(-c2cccnc2)on1. The van der Waals surface area contributed by atoms with Gasteiger partial charge >= 0.3 is 5.97 Å². The minimum absolute atomic E-state index is 0.0409. The number of aryl methyl sites for hydroxylation is 1. The molecule has 29 heavy (non-hydrogen) atoms. The van der Waals surface area contributed by atoms with Gasteiger partial charge in [0.2, 0.25) is 0 Å². The van der Waals surface area contributed by atoms with Crippen LogP contribution in [0.2, 0.25) is 0 Å². The molecule has 4 rings (SSSR count). The predicted octanol–water partition coefficient (Wildman–Crippen LogP) is 3.43. The number of aromatic nitrogens is 2. The number of hydrogen-bond acceptors (Lipinski definition) is 5. The van der Waals surface area contributed by atoms with Crippen LogP contribution < -0.4 is 5.32 Å². The van der Waals surface area contributed by atoms with Crippen LogP contribution in [0.15, 0.2) is 59.4 Å². The van der Waals surface area contributed by atoms with Crippen molar-refractivity contribution in [1.29, 1.82) is 0 Å². The number of pyridine rings is 1. The number of fused-ring (bicyclic) bond motifs is 1. The third-order valence-electron chi connectivity index (χ3n) is 5.31. The number of rotatable bonds is 6. The van der Waals surface area contributed by atoms with E-state index in [2.05, 4.69) is 27.6 Å². The van der Waals surface area contributed by atoms with Gasteiger partial charge in [0.15, 0.2) is 11.5 Å². The topological polar surface area (TPSA) is 105 Å². The first-order valence-electron chi connectivity index (χ1n) is 9.60. The smallest absolute Gasteiger partial charge is 0.326 e. The summed E-state index contributed by atoms with van der Waals surface area (Å²) in [5.41, 5.74) is 3.17. The van der Waals surface area contributed by atoms with Crippen molar-refractivity contribution in [3.05, 3.63) is 71.7 Å². The minimum Gasteiger partial charge on any atom is -0.480 e. The fourth-order valence-corrected chi connectivity index (χ4v) is 3.86. The number of carbonyl (C=O) groups excluding carboxylic acids is 1. The van der Waals surface area contributed by atoms with Gasteiger partial charge in [0.05, 0.1) is 0 Å². The highest BCUT2D eigenvalue weighted by molar-refractivity contribution is 5.95. The number of aliphatic carboxylic acids is 1. The molecule has 2 heterocycles. The third kappa shape index (κ3) is 4.18. The van der Waals surface area contributed by atoms with Crippen LogP contribution in [0.4, 0.5) is 0 Å². The van der Waals surface area contributed by atoms with Gasteiger partial charge in [-0.15, -0.1) is 0 Å². The standard InChI is InChI=1S/C22H21N3O4/c26-21(18-12-20(29-25-18)16-8-4-10-23-13-16)24-19(22(27)28)11-15-7-3-6-14-5-1-2-9-17(14)15/h1-2,4-5,8-10,12-13,15,19H,3,6-7,11H2,(H,24,26)(H,27,28). The van der Waals surface area contributed by atoms with Crippen LogP contribution >= 0.6 is 0 Å². The minimum atomic E-state index is -1.06. The first-order valence-corrected chi connectivity index (χ1v) is 9.60. The average molecular weight is 391 g/mol. The zero-order valence-corrected chi connectivity index (χ0v) is 15.7. The Morgan fingerprint density at radius 1 is 1.24 bits per heavy atom. The number of carboxylic acid groups (broad SMARTS) is 1. The van der Waals surface area contributed by atoms with Crippen LogP contribution in [0.25, 0.3) is 11.3 Å². The number of nitrogens with zero attached hydrogens (tertiary/aromatic N) is 2. The summed E-state index contributed by atoms with van der Waals surface area (Å²) in [4.78, 5) is 28.4. The van der Waals surface area contributed by atoms with Gasteiger partial charge in [-0.1, -0.05) is 29.4 Å². The molecule has 1 amide bonds. The van der Waals surface area contributed by atoms with Crippen LogP contribution in [0.5, 0.6) is 0 Å². The van der Waals surface area contributed by atoms with E-state index in [4.69, 9.17) is 4.52 Å². The Kier molecular flexibility index (Phi) is 5.37. The molecular formula is C22H21N3O4.